The summed E-state index contributed by atoms with van der Waals surface area (Å²) in [4.78, 5) is 24.3. The standard InChI is InChI=1S/C22H27N5O/c1-15(2)27-8-6-16(7-9-27)21(28)11-22-23-12-18-5-4-17(10-20(18)25-22)19-13-24-26(3)14-19/h4-5,10,12-16H,6-9,11H2,1-3H3. The monoisotopic (exact) mass is 377 g/mol. The van der Waals surface area contributed by atoms with Crippen molar-refractivity contribution in [3.63, 3.8) is 0 Å². The maximum absolute atomic E-state index is 12.8. The second-order valence-electron chi connectivity index (χ2n) is 8.01. The molecule has 0 bridgehead atoms. The van der Waals surface area contributed by atoms with E-state index in [2.05, 4.69) is 39.9 Å². The van der Waals surface area contributed by atoms with Gasteiger partial charge in [0.25, 0.3) is 0 Å². The zero-order valence-corrected chi connectivity index (χ0v) is 16.8. The van der Waals surface area contributed by atoms with Crippen molar-refractivity contribution in [1.29, 1.82) is 0 Å². The lowest BCUT2D eigenvalue weighted by atomic mass is 9.90. The van der Waals surface area contributed by atoms with Crippen molar-refractivity contribution in [2.75, 3.05) is 13.1 Å². The van der Waals surface area contributed by atoms with Gasteiger partial charge < -0.3 is 4.90 Å². The number of piperidine rings is 1. The van der Waals surface area contributed by atoms with E-state index >= 15 is 0 Å². The smallest absolute Gasteiger partial charge is 0.143 e. The number of likely N-dealkylation sites (tertiary alicyclic amines) is 1. The summed E-state index contributed by atoms with van der Waals surface area (Å²) in [6.07, 6.45) is 7.84. The first-order valence-electron chi connectivity index (χ1n) is 10.0. The number of aromatic nitrogens is 4. The maximum atomic E-state index is 12.8. The summed E-state index contributed by atoms with van der Waals surface area (Å²) in [6.45, 7) is 6.43. The Morgan fingerprint density at radius 1 is 1.18 bits per heavy atom. The Morgan fingerprint density at radius 2 is 1.96 bits per heavy atom. The van der Waals surface area contributed by atoms with E-state index in [1.54, 1.807) is 4.68 Å². The van der Waals surface area contributed by atoms with Gasteiger partial charge >= 0.3 is 0 Å². The van der Waals surface area contributed by atoms with E-state index in [9.17, 15) is 4.79 Å². The summed E-state index contributed by atoms with van der Waals surface area (Å²) >= 11 is 0. The van der Waals surface area contributed by atoms with Gasteiger partial charge in [-0.15, -0.1) is 0 Å². The summed E-state index contributed by atoms with van der Waals surface area (Å²) < 4.78 is 1.79. The lowest BCUT2D eigenvalue weighted by molar-refractivity contribution is -0.123. The molecule has 1 aliphatic heterocycles. The number of hydrogen-bond donors (Lipinski definition) is 0. The number of carbonyl (C=O) groups excluding carboxylic acids is 1. The highest BCUT2D eigenvalue weighted by Gasteiger charge is 2.26. The predicted molar refractivity (Wildman–Crippen MR) is 110 cm³/mol. The Morgan fingerprint density at radius 3 is 2.64 bits per heavy atom. The van der Waals surface area contributed by atoms with Crippen LogP contribution in [0, 0.1) is 5.92 Å². The van der Waals surface area contributed by atoms with Crippen LogP contribution in [0.1, 0.15) is 32.5 Å². The fourth-order valence-corrected chi connectivity index (χ4v) is 3.93. The summed E-state index contributed by atoms with van der Waals surface area (Å²) in [7, 11) is 1.90. The zero-order chi connectivity index (χ0) is 19.7. The van der Waals surface area contributed by atoms with E-state index in [0.717, 1.165) is 48.0 Å². The highest BCUT2D eigenvalue weighted by Crippen LogP contribution is 2.24. The molecule has 0 atom stereocenters. The average Bonchev–Trinajstić information content (AvgIpc) is 3.14. The molecule has 0 aliphatic carbocycles. The highest BCUT2D eigenvalue weighted by molar-refractivity contribution is 5.85. The van der Waals surface area contributed by atoms with E-state index in [1.807, 2.05) is 37.8 Å². The van der Waals surface area contributed by atoms with Crippen molar-refractivity contribution in [3.8, 4) is 11.1 Å². The van der Waals surface area contributed by atoms with Crippen LogP contribution >= 0.6 is 0 Å². The van der Waals surface area contributed by atoms with Gasteiger partial charge in [0.15, 0.2) is 0 Å². The van der Waals surface area contributed by atoms with Crippen molar-refractivity contribution >= 4 is 16.7 Å². The third-order valence-electron chi connectivity index (χ3n) is 5.72. The number of ketones is 1. The van der Waals surface area contributed by atoms with Gasteiger partial charge in [-0.25, -0.2) is 9.97 Å². The van der Waals surface area contributed by atoms with E-state index < -0.39 is 0 Å². The Bertz CT molecular complexity index is 986. The average molecular weight is 377 g/mol. The largest absolute Gasteiger partial charge is 0.301 e. The Hall–Kier alpha value is -2.60. The van der Waals surface area contributed by atoms with E-state index in [0.29, 0.717) is 18.3 Å². The molecule has 0 saturated carbocycles. The molecule has 3 heterocycles. The molecule has 2 aromatic heterocycles. The number of fused-ring (bicyclic) bond motifs is 1. The topological polar surface area (TPSA) is 63.9 Å². The predicted octanol–water partition coefficient (Wildman–Crippen LogP) is 3.26. The number of hydrogen-bond acceptors (Lipinski definition) is 5. The SMILES string of the molecule is CC(C)N1CCC(C(=O)Cc2ncc3ccc(-c4cnn(C)c4)cc3n2)CC1. The van der Waals surface area contributed by atoms with Crippen LogP contribution in [0.2, 0.25) is 0 Å². The summed E-state index contributed by atoms with van der Waals surface area (Å²) in [5.74, 6) is 1.02. The summed E-state index contributed by atoms with van der Waals surface area (Å²) in [6, 6.07) is 6.67. The van der Waals surface area contributed by atoms with Crippen molar-refractivity contribution in [2.24, 2.45) is 13.0 Å². The van der Waals surface area contributed by atoms with Gasteiger partial charge in [-0.1, -0.05) is 12.1 Å². The Balaban J connectivity index is 1.49. The van der Waals surface area contributed by atoms with Crippen LogP contribution in [0.5, 0.6) is 0 Å². The molecule has 1 fully saturated rings. The van der Waals surface area contributed by atoms with Crippen LogP contribution in [0.4, 0.5) is 0 Å². The first-order chi connectivity index (χ1) is 13.5. The molecular formula is C22H27N5O. The van der Waals surface area contributed by atoms with E-state index in [4.69, 9.17) is 0 Å². The second-order valence-corrected chi connectivity index (χ2v) is 8.01. The van der Waals surface area contributed by atoms with E-state index in [1.165, 1.54) is 0 Å². The van der Waals surface area contributed by atoms with Crippen molar-refractivity contribution in [1.82, 2.24) is 24.6 Å². The molecule has 0 amide bonds. The number of aryl methyl sites for hydroxylation is 1. The first kappa shape index (κ1) is 18.7. The van der Waals surface area contributed by atoms with Crippen LogP contribution in [-0.4, -0.2) is 49.6 Å². The normalized spacial score (nSPS) is 16.1. The van der Waals surface area contributed by atoms with Crippen molar-refractivity contribution in [2.45, 2.75) is 39.2 Å². The van der Waals surface area contributed by atoms with Gasteiger partial charge in [0.2, 0.25) is 0 Å². The van der Waals surface area contributed by atoms with Gasteiger partial charge in [0.1, 0.15) is 11.6 Å². The van der Waals surface area contributed by atoms with Crippen LogP contribution < -0.4 is 0 Å². The van der Waals surface area contributed by atoms with Gasteiger partial charge in [-0.2, -0.15) is 5.10 Å². The maximum Gasteiger partial charge on any atom is 0.143 e. The van der Waals surface area contributed by atoms with Crippen molar-refractivity contribution in [3.05, 3.63) is 42.6 Å². The molecule has 1 aliphatic rings. The Labute approximate surface area is 165 Å². The molecule has 146 valence electrons. The number of carbonyl (C=O) groups is 1. The summed E-state index contributed by atoms with van der Waals surface area (Å²) in [5.41, 5.74) is 2.99. The van der Waals surface area contributed by atoms with Crippen molar-refractivity contribution < 1.29 is 4.79 Å². The molecule has 6 nitrogen and oxygen atoms in total. The molecule has 1 saturated heterocycles. The van der Waals surface area contributed by atoms with Gasteiger partial charge in [-0.05, 0) is 51.4 Å². The molecular weight excluding hydrogens is 350 g/mol. The Kier molecular flexibility index (Phi) is 5.22. The fraction of sp³-hybridized carbons (Fsp3) is 0.455. The van der Waals surface area contributed by atoms with Crippen LogP contribution in [-0.2, 0) is 18.3 Å². The van der Waals surface area contributed by atoms with Crippen LogP contribution in [0.15, 0.2) is 36.8 Å². The second kappa shape index (κ2) is 7.80. The molecule has 0 N–H and O–H groups in total. The molecule has 4 rings (SSSR count). The summed E-state index contributed by atoms with van der Waals surface area (Å²) in [5, 5.41) is 5.21. The number of benzene rings is 1. The molecule has 28 heavy (non-hydrogen) atoms. The minimum atomic E-state index is 0.135. The quantitative estimate of drug-likeness (QED) is 0.683. The van der Waals surface area contributed by atoms with Crippen LogP contribution in [0.25, 0.3) is 22.0 Å². The molecule has 0 spiro atoms. The first-order valence-corrected chi connectivity index (χ1v) is 10.0. The lowest BCUT2D eigenvalue weighted by Crippen LogP contribution is -2.40. The molecule has 3 aromatic rings. The molecule has 0 unspecified atom stereocenters. The minimum Gasteiger partial charge on any atom is -0.301 e. The molecule has 1 aromatic carbocycles. The molecule has 0 radical (unpaired) electrons. The zero-order valence-electron chi connectivity index (χ0n) is 16.8. The van der Waals surface area contributed by atoms with Crippen LogP contribution in [0.3, 0.4) is 0 Å². The van der Waals surface area contributed by atoms with Gasteiger partial charge in [0.05, 0.1) is 18.1 Å². The van der Waals surface area contributed by atoms with E-state index in [-0.39, 0.29) is 11.7 Å². The highest BCUT2D eigenvalue weighted by atomic mass is 16.1. The third-order valence-corrected chi connectivity index (χ3v) is 5.72. The fourth-order valence-electron chi connectivity index (χ4n) is 3.93. The lowest BCUT2D eigenvalue weighted by Gasteiger charge is -2.33. The van der Waals surface area contributed by atoms with Gasteiger partial charge in [0, 0.05) is 42.4 Å². The van der Waals surface area contributed by atoms with Gasteiger partial charge in [-0.3, -0.25) is 9.48 Å². The molecule has 6 heteroatoms. The number of nitrogens with zero attached hydrogens (tertiary/aromatic N) is 5. The minimum absolute atomic E-state index is 0.135. The third kappa shape index (κ3) is 3.97. The number of rotatable bonds is 5. The number of Topliss-reactive ketones (excluding diaryl/α,β-unsaturated/α-hetero) is 1.